The van der Waals surface area contributed by atoms with Crippen LogP contribution in [0.15, 0.2) is 48.5 Å². The molecule has 0 unspecified atom stereocenters. The zero-order valence-electron chi connectivity index (χ0n) is 15.0. The number of amides is 2. The second-order valence-electron chi connectivity index (χ2n) is 6.20. The summed E-state index contributed by atoms with van der Waals surface area (Å²) in [5.74, 6) is 0.781. The van der Waals surface area contributed by atoms with Gasteiger partial charge >= 0.3 is 6.03 Å². The number of rotatable bonds is 7. The van der Waals surface area contributed by atoms with E-state index in [1.165, 1.54) is 0 Å². The number of carbonyl (C=O) groups excluding carboxylic acids is 1. The predicted octanol–water partition coefficient (Wildman–Crippen LogP) is 4.65. The van der Waals surface area contributed by atoms with Crippen LogP contribution < -0.4 is 10.1 Å². The number of nitrogens with zero attached hydrogens (tertiary/aromatic N) is 1. The monoisotopic (exact) mass is 360 g/mol. The molecule has 1 N–H and O–H groups in total. The molecule has 134 valence electrons. The minimum absolute atomic E-state index is 0.0877. The number of aryl methyl sites for hydroxylation is 1. The second-order valence-corrected chi connectivity index (χ2v) is 6.63. The number of nitrogens with one attached hydrogen (secondary N) is 1. The quantitative estimate of drug-likeness (QED) is 0.730. The predicted molar refractivity (Wildman–Crippen MR) is 102 cm³/mol. The molecule has 2 aromatic carbocycles. The molecule has 0 aromatic heterocycles. The van der Waals surface area contributed by atoms with Crippen molar-refractivity contribution in [2.24, 2.45) is 0 Å². The lowest BCUT2D eigenvalue weighted by molar-refractivity contribution is 0.177. The average molecular weight is 361 g/mol. The maximum absolute atomic E-state index is 12.5. The summed E-state index contributed by atoms with van der Waals surface area (Å²) < 4.78 is 5.71. The number of hydrogen-bond donors (Lipinski definition) is 1. The molecule has 0 aliphatic carbocycles. The van der Waals surface area contributed by atoms with E-state index in [0.717, 1.165) is 16.9 Å². The molecule has 0 fully saturated rings. The Kier molecular flexibility index (Phi) is 7.14. The summed E-state index contributed by atoms with van der Waals surface area (Å²) in [5, 5.41) is 3.61. The normalized spacial score (nSPS) is 10.6. The van der Waals surface area contributed by atoms with Gasteiger partial charge in [0.15, 0.2) is 0 Å². The van der Waals surface area contributed by atoms with Crippen molar-refractivity contribution in [3.8, 4) is 5.75 Å². The van der Waals surface area contributed by atoms with Gasteiger partial charge in [-0.15, -0.1) is 0 Å². The third-order valence-electron chi connectivity index (χ3n) is 3.85. The Bertz CT molecular complexity index is 689. The molecule has 0 bridgehead atoms. The van der Waals surface area contributed by atoms with Crippen molar-refractivity contribution in [2.75, 3.05) is 13.2 Å². The number of benzene rings is 2. The van der Waals surface area contributed by atoms with E-state index in [9.17, 15) is 4.79 Å². The minimum atomic E-state index is -0.0877. The van der Waals surface area contributed by atoms with Crippen LogP contribution >= 0.6 is 11.6 Å². The maximum Gasteiger partial charge on any atom is 0.318 e. The molecular formula is C20H25ClN2O2. The van der Waals surface area contributed by atoms with Crippen LogP contribution in [-0.4, -0.2) is 30.1 Å². The van der Waals surface area contributed by atoms with Gasteiger partial charge in [-0.05, 0) is 50.1 Å². The number of halogens is 1. The molecule has 0 aliphatic rings. The van der Waals surface area contributed by atoms with Crippen LogP contribution in [0.4, 0.5) is 4.79 Å². The van der Waals surface area contributed by atoms with E-state index in [1.807, 2.05) is 68.1 Å². The summed E-state index contributed by atoms with van der Waals surface area (Å²) in [7, 11) is 0. The van der Waals surface area contributed by atoms with Crippen molar-refractivity contribution in [1.29, 1.82) is 0 Å². The molecule has 0 spiro atoms. The number of carbonyl (C=O) groups is 1. The van der Waals surface area contributed by atoms with Crippen molar-refractivity contribution >= 4 is 17.6 Å². The van der Waals surface area contributed by atoms with E-state index in [1.54, 1.807) is 6.07 Å². The van der Waals surface area contributed by atoms with E-state index >= 15 is 0 Å². The Balaban J connectivity index is 1.82. The molecular weight excluding hydrogens is 336 g/mol. The highest BCUT2D eigenvalue weighted by Gasteiger charge is 2.16. The third-order valence-corrected chi connectivity index (χ3v) is 4.09. The van der Waals surface area contributed by atoms with Crippen LogP contribution in [0.1, 0.15) is 25.0 Å². The average Bonchev–Trinajstić information content (AvgIpc) is 2.58. The van der Waals surface area contributed by atoms with Crippen LogP contribution in [0.2, 0.25) is 5.02 Å². The lowest BCUT2D eigenvalue weighted by Gasteiger charge is -2.27. The van der Waals surface area contributed by atoms with E-state index < -0.39 is 0 Å². The van der Waals surface area contributed by atoms with Gasteiger partial charge in [-0.25, -0.2) is 4.79 Å². The smallest absolute Gasteiger partial charge is 0.318 e. The third kappa shape index (κ3) is 5.98. The van der Waals surface area contributed by atoms with Gasteiger partial charge in [-0.3, -0.25) is 0 Å². The Morgan fingerprint density at radius 2 is 1.92 bits per heavy atom. The zero-order valence-corrected chi connectivity index (χ0v) is 15.7. The molecule has 0 aliphatic heterocycles. The summed E-state index contributed by atoms with van der Waals surface area (Å²) in [6, 6.07) is 15.5. The maximum atomic E-state index is 12.5. The van der Waals surface area contributed by atoms with Gasteiger partial charge in [-0.1, -0.05) is 41.9 Å². The summed E-state index contributed by atoms with van der Waals surface area (Å²) >= 11 is 5.93. The zero-order chi connectivity index (χ0) is 18.2. The molecule has 2 aromatic rings. The van der Waals surface area contributed by atoms with Crippen LogP contribution in [0.3, 0.4) is 0 Å². The Morgan fingerprint density at radius 3 is 2.56 bits per heavy atom. The summed E-state index contributed by atoms with van der Waals surface area (Å²) in [5.41, 5.74) is 2.09. The van der Waals surface area contributed by atoms with Crippen LogP contribution in [0, 0.1) is 6.92 Å². The second kappa shape index (κ2) is 9.33. The van der Waals surface area contributed by atoms with Gasteiger partial charge in [0.05, 0.1) is 6.54 Å². The lowest BCUT2D eigenvalue weighted by Crippen LogP contribution is -2.44. The molecule has 2 amide bonds. The standard InChI is InChI=1S/C20H25ClN2O2/c1-15(2)23(14-17-7-5-4-6-8-17)20(24)22-11-12-25-19-10-9-18(21)13-16(19)3/h4-10,13,15H,11-12,14H2,1-3H3,(H,22,24). The Labute approximate surface area is 154 Å². The van der Waals surface area contributed by atoms with Gasteiger partial charge in [0.1, 0.15) is 12.4 Å². The Hall–Kier alpha value is -2.20. The van der Waals surface area contributed by atoms with Crippen LogP contribution in [0.5, 0.6) is 5.75 Å². The fraction of sp³-hybridized carbons (Fsp3) is 0.350. The number of hydrogen-bond acceptors (Lipinski definition) is 2. The van der Waals surface area contributed by atoms with Crippen LogP contribution in [-0.2, 0) is 6.54 Å². The molecule has 0 saturated heterocycles. The van der Waals surface area contributed by atoms with E-state index in [0.29, 0.717) is 24.7 Å². The number of urea groups is 1. The molecule has 0 saturated carbocycles. The van der Waals surface area contributed by atoms with Crippen molar-refractivity contribution in [1.82, 2.24) is 10.2 Å². The molecule has 0 atom stereocenters. The first-order chi connectivity index (χ1) is 12.0. The highest BCUT2D eigenvalue weighted by atomic mass is 35.5. The van der Waals surface area contributed by atoms with E-state index in [2.05, 4.69) is 5.32 Å². The fourth-order valence-corrected chi connectivity index (χ4v) is 2.69. The lowest BCUT2D eigenvalue weighted by atomic mass is 10.2. The first-order valence-corrected chi connectivity index (χ1v) is 8.82. The number of ether oxygens (including phenoxy) is 1. The highest BCUT2D eigenvalue weighted by Crippen LogP contribution is 2.21. The minimum Gasteiger partial charge on any atom is -0.491 e. The molecule has 0 radical (unpaired) electrons. The topological polar surface area (TPSA) is 41.6 Å². The summed E-state index contributed by atoms with van der Waals surface area (Å²) in [4.78, 5) is 14.3. The molecule has 2 rings (SSSR count). The van der Waals surface area contributed by atoms with Gasteiger partial charge < -0.3 is 15.0 Å². The molecule has 4 nitrogen and oxygen atoms in total. The van der Waals surface area contributed by atoms with Crippen LogP contribution in [0.25, 0.3) is 0 Å². The Morgan fingerprint density at radius 1 is 1.20 bits per heavy atom. The van der Waals surface area contributed by atoms with E-state index in [-0.39, 0.29) is 12.1 Å². The van der Waals surface area contributed by atoms with Crippen molar-refractivity contribution in [2.45, 2.75) is 33.4 Å². The molecule has 25 heavy (non-hydrogen) atoms. The van der Waals surface area contributed by atoms with Gasteiger partial charge in [-0.2, -0.15) is 0 Å². The van der Waals surface area contributed by atoms with Crippen molar-refractivity contribution in [3.63, 3.8) is 0 Å². The summed E-state index contributed by atoms with van der Waals surface area (Å²) in [6.07, 6.45) is 0. The van der Waals surface area contributed by atoms with Gasteiger partial charge in [0.25, 0.3) is 0 Å². The largest absolute Gasteiger partial charge is 0.491 e. The van der Waals surface area contributed by atoms with Gasteiger partial charge in [0.2, 0.25) is 0 Å². The fourth-order valence-electron chi connectivity index (χ4n) is 2.46. The van der Waals surface area contributed by atoms with Crippen molar-refractivity contribution in [3.05, 3.63) is 64.7 Å². The summed E-state index contributed by atoms with van der Waals surface area (Å²) in [6.45, 7) is 7.40. The first-order valence-electron chi connectivity index (χ1n) is 8.44. The van der Waals surface area contributed by atoms with Gasteiger partial charge in [0, 0.05) is 17.6 Å². The SMILES string of the molecule is Cc1cc(Cl)ccc1OCCNC(=O)N(Cc1ccccc1)C(C)C. The van der Waals surface area contributed by atoms with E-state index in [4.69, 9.17) is 16.3 Å². The molecule has 5 heteroatoms. The highest BCUT2D eigenvalue weighted by molar-refractivity contribution is 6.30. The van der Waals surface area contributed by atoms with Crippen molar-refractivity contribution < 1.29 is 9.53 Å². The molecule has 0 heterocycles. The first kappa shape index (κ1) is 19.1.